The topological polar surface area (TPSA) is 59.1 Å². The summed E-state index contributed by atoms with van der Waals surface area (Å²) >= 11 is 0. The van der Waals surface area contributed by atoms with E-state index in [0.29, 0.717) is 45.8 Å². The van der Waals surface area contributed by atoms with Gasteiger partial charge in [-0.25, -0.2) is 9.59 Å². The van der Waals surface area contributed by atoms with Gasteiger partial charge in [0.05, 0.1) is 13.2 Å². The number of hydrogen-bond donors (Lipinski definition) is 0. The molecule has 0 aliphatic carbocycles. The van der Waals surface area contributed by atoms with Crippen molar-refractivity contribution < 1.29 is 19.1 Å². The minimum atomic E-state index is -0.320. The SMILES string of the molecule is CCOC(=O)N1CCN(C(=O)OCCc2ccc(C)cc2)CC1. The molecule has 0 spiro atoms. The molecular weight excluding hydrogens is 296 g/mol. The van der Waals surface area contributed by atoms with Crippen LogP contribution in [0.25, 0.3) is 0 Å². The molecule has 1 aromatic rings. The lowest BCUT2D eigenvalue weighted by Gasteiger charge is -2.33. The Hall–Kier alpha value is -2.24. The molecule has 0 N–H and O–H groups in total. The second-order valence-electron chi connectivity index (χ2n) is 5.52. The first kappa shape index (κ1) is 17.1. The average Bonchev–Trinajstić information content (AvgIpc) is 2.57. The average molecular weight is 320 g/mol. The summed E-state index contributed by atoms with van der Waals surface area (Å²) in [6.45, 7) is 6.45. The van der Waals surface area contributed by atoms with Gasteiger partial charge in [-0.15, -0.1) is 0 Å². The van der Waals surface area contributed by atoms with Gasteiger partial charge in [0.15, 0.2) is 0 Å². The highest BCUT2D eigenvalue weighted by molar-refractivity contribution is 5.70. The predicted molar refractivity (Wildman–Crippen MR) is 86.4 cm³/mol. The van der Waals surface area contributed by atoms with E-state index in [4.69, 9.17) is 9.47 Å². The van der Waals surface area contributed by atoms with Gasteiger partial charge >= 0.3 is 12.2 Å². The number of benzene rings is 1. The van der Waals surface area contributed by atoms with Gasteiger partial charge in [-0.2, -0.15) is 0 Å². The Labute approximate surface area is 137 Å². The molecule has 0 saturated carbocycles. The highest BCUT2D eigenvalue weighted by Gasteiger charge is 2.25. The molecule has 0 unspecified atom stereocenters. The Morgan fingerprint density at radius 3 is 2.00 bits per heavy atom. The number of nitrogens with zero attached hydrogens (tertiary/aromatic N) is 2. The third kappa shape index (κ3) is 5.16. The fraction of sp³-hybridized carbons (Fsp3) is 0.529. The molecule has 2 amide bonds. The molecule has 0 atom stereocenters. The van der Waals surface area contributed by atoms with Gasteiger partial charge in [-0.3, -0.25) is 0 Å². The molecule has 126 valence electrons. The largest absolute Gasteiger partial charge is 0.450 e. The molecule has 1 aliphatic rings. The van der Waals surface area contributed by atoms with Crippen molar-refractivity contribution in [1.82, 2.24) is 9.80 Å². The second-order valence-corrected chi connectivity index (χ2v) is 5.52. The van der Waals surface area contributed by atoms with Crippen LogP contribution in [-0.4, -0.2) is 61.4 Å². The maximum atomic E-state index is 12.0. The normalized spacial score (nSPS) is 14.5. The van der Waals surface area contributed by atoms with Crippen LogP contribution in [0.3, 0.4) is 0 Å². The van der Waals surface area contributed by atoms with E-state index in [2.05, 4.69) is 0 Å². The van der Waals surface area contributed by atoms with E-state index in [0.717, 1.165) is 5.56 Å². The van der Waals surface area contributed by atoms with Crippen molar-refractivity contribution in [2.24, 2.45) is 0 Å². The highest BCUT2D eigenvalue weighted by atomic mass is 16.6. The maximum absolute atomic E-state index is 12.0. The van der Waals surface area contributed by atoms with Crippen molar-refractivity contribution in [2.45, 2.75) is 20.3 Å². The van der Waals surface area contributed by atoms with Crippen molar-refractivity contribution >= 4 is 12.2 Å². The summed E-state index contributed by atoms with van der Waals surface area (Å²) in [5.74, 6) is 0. The first-order valence-corrected chi connectivity index (χ1v) is 7.99. The Bertz CT molecular complexity index is 522. The van der Waals surface area contributed by atoms with E-state index in [9.17, 15) is 9.59 Å². The molecule has 1 aromatic carbocycles. The van der Waals surface area contributed by atoms with Crippen molar-refractivity contribution in [1.29, 1.82) is 0 Å². The zero-order valence-corrected chi connectivity index (χ0v) is 13.8. The Morgan fingerprint density at radius 1 is 0.957 bits per heavy atom. The molecule has 0 radical (unpaired) electrons. The molecule has 23 heavy (non-hydrogen) atoms. The van der Waals surface area contributed by atoms with Crippen LogP contribution in [0.1, 0.15) is 18.1 Å². The van der Waals surface area contributed by atoms with Crippen LogP contribution in [0.4, 0.5) is 9.59 Å². The molecule has 2 rings (SSSR count). The lowest BCUT2D eigenvalue weighted by Crippen LogP contribution is -2.50. The van der Waals surface area contributed by atoms with Gasteiger partial charge in [-0.05, 0) is 19.4 Å². The third-order valence-electron chi connectivity index (χ3n) is 3.80. The molecule has 1 aliphatic heterocycles. The van der Waals surface area contributed by atoms with Crippen LogP contribution in [0.5, 0.6) is 0 Å². The lowest BCUT2D eigenvalue weighted by atomic mass is 10.1. The van der Waals surface area contributed by atoms with Gasteiger partial charge < -0.3 is 19.3 Å². The van der Waals surface area contributed by atoms with Crippen LogP contribution in [0.15, 0.2) is 24.3 Å². The minimum Gasteiger partial charge on any atom is -0.450 e. The Balaban J connectivity index is 1.68. The van der Waals surface area contributed by atoms with Crippen LogP contribution < -0.4 is 0 Å². The third-order valence-corrected chi connectivity index (χ3v) is 3.80. The van der Waals surface area contributed by atoms with Crippen LogP contribution in [0, 0.1) is 6.92 Å². The number of amides is 2. The van der Waals surface area contributed by atoms with Gasteiger partial charge in [0, 0.05) is 32.6 Å². The fourth-order valence-electron chi connectivity index (χ4n) is 2.39. The molecule has 1 saturated heterocycles. The maximum Gasteiger partial charge on any atom is 0.409 e. The van der Waals surface area contributed by atoms with Crippen molar-refractivity contribution in [3.63, 3.8) is 0 Å². The van der Waals surface area contributed by atoms with E-state index in [-0.39, 0.29) is 12.2 Å². The molecule has 1 heterocycles. The van der Waals surface area contributed by atoms with Crippen LogP contribution in [-0.2, 0) is 15.9 Å². The summed E-state index contributed by atoms with van der Waals surface area (Å²) in [7, 11) is 0. The van der Waals surface area contributed by atoms with E-state index in [1.807, 2.05) is 31.2 Å². The van der Waals surface area contributed by atoms with Gasteiger partial charge in [0.2, 0.25) is 0 Å². The zero-order chi connectivity index (χ0) is 16.7. The predicted octanol–water partition coefficient (Wildman–Crippen LogP) is 2.45. The van der Waals surface area contributed by atoms with Crippen LogP contribution >= 0.6 is 0 Å². The summed E-state index contributed by atoms with van der Waals surface area (Å²) in [6, 6.07) is 8.18. The minimum absolute atomic E-state index is 0.319. The van der Waals surface area contributed by atoms with E-state index in [1.165, 1.54) is 5.56 Å². The first-order valence-electron chi connectivity index (χ1n) is 7.99. The van der Waals surface area contributed by atoms with Crippen molar-refractivity contribution in [2.75, 3.05) is 39.4 Å². The van der Waals surface area contributed by atoms with Crippen molar-refractivity contribution in [3.05, 3.63) is 35.4 Å². The zero-order valence-electron chi connectivity index (χ0n) is 13.8. The smallest absolute Gasteiger partial charge is 0.409 e. The quantitative estimate of drug-likeness (QED) is 0.855. The number of carbonyl (C=O) groups is 2. The summed E-state index contributed by atoms with van der Waals surface area (Å²) in [5, 5.41) is 0. The van der Waals surface area contributed by atoms with E-state index in [1.54, 1.807) is 16.7 Å². The number of aryl methyl sites for hydroxylation is 1. The molecular formula is C17H24N2O4. The van der Waals surface area contributed by atoms with Gasteiger partial charge in [0.1, 0.15) is 0 Å². The molecule has 6 nitrogen and oxygen atoms in total. The monoisotopic (exact) mass is 320 g/mol. The van der Waals surface area contributed by atoms with E-state index >= 15 is 0 Å². The Morgan fingerprint density at radius 2 is 1.48 bits per heavy atom. The Kier molecular flexibility index (Phi) is 6.26. The second kappa shape index (κ2) is 8.41. The summed E-state index contributed by atoms with van der Waals surface area (Å²) in [5.41, 5.74) is 2.36. The summed E-state index contributed by atoms with van der Waals surface area (Å²) < 4.78 is 10.3. The number of carbonyl (C=O) groups excluding carboxylic acids is 2. The van der Waals surface area contributed by atoms with Crippen LogP contribution in [0.2, 0.25) is 0 Å². The van der Waals surface area contributed by atoms with Gasteiger partial charge in [-0.1, -0.05) is 29.8 Å². The summed E-state index contributed by atoms with van der Waals surface area (Å²) in [4.78, 5) is 26.9. The van der Waals surface area contributed by atoms with Crippen molar-refractivity contribution in [3.8, 4) is 0 Å². The first-order chi connectivity index (χ1) is 11.1. The number of ether oxygens (including phenoxy) is 2. The number of piperazine rings is 1. The highest BCUT2D eigenvalue weighted by Crippen LogP contribution is 2.07. The molecule has 1 fully saturated rings. The van der Waals surface area contributed by atoms with E-state index < -0.39 is 0 Å². The number of hydrogen-bond acceptors (Lipinski definition) is 4. The van der Waals surface area contributed by atoms with Gasteiger partial charge in [0.25, 0.3) is 0 Å². The number of rotatable bonds is 4. The molecule has 0 aromatic heterocycles. The fourth-order valence-corrected chi connectivity index (χ4v) is 2.39. The molecule has 0 bridgehead atoms. The lowest BCUT2D eigenvalue weighted by molar-refractivity contribution is 0.0628. The standard InChI is InChI=1S/C17H24N2O4/c1-3-22-16(20)18-9-11-19(12-10-18)17(21)23-13-8-15-6-4-14(2)5-7-15/h4-7H,3,8-13H2,1-2H3. The summed E-state index contributed by atoms with van der Waals surface area (Å²) in [6.07, 6.45) is 0.0648. The molecule has 6 heteroatoms.